The molecule has 0 radical (unpaired) electrons. The number of hydrogen-bond donors (Lipinski definition) is 2. The molecule has 0 saturated carbocycles. The monoisotopic (exact) mass is 392 g/mol. The molecule has 6 nitrogen and oxygen atoms in total. The van der Waals surface area contributed by atoms with Crippen molar-refractivity contribution < 1.29 is 18.7 Å². The van der Waals surface area contributed by atoms with Crippen molar-refractivity contribution >= 4 is 17.5 Å². The number of ether oxygens (including phenoxy) is 1. The van der Waals surface area contributed by atoms with Gasteiger partial charge in [-0.25, -0.2) is 0 Å². The number of furan rings is 1. The van der Waals surface area contributed by atoms with Gasteiger partial charge in [0.15, 0.2) is 6.10 Å². The summed E-state index contributed by atoms with van der Waals surface area (Å²) in [6.45, 7) is 5.88. The van der Waals surface area contributed by atoms with Crippen molar-refractivity contribution in [1.82, 2.24) is 5.32 Å². The first kappa shape index (κ1) is 20.2. The van der Waals surface area contributed by atoms with Crippen LogP contribution in [0.1, 0.15) is 34.2 Å². The third-order valence-corrected chi connectivity index (χ3v) is 4.44. The second-order valence-corrected chi connectivity index (χ2v) is 6.83. The standard InChI is InChI=1S/C23H24N2O4/c1-15-10-11-21(16(2)13-15)29-17(3)22(26)25-20-9-5-4-8-19(20)23(27)24-14-18-7-6-12-28-18/h4-13,17H,14H2,1-3H3,(H,24,27)(H,25,26)/t17-/m0/s1. The maximum Gasteiger partial charge on any atom is 0.265 e. The number of amides is 2. The first-order valence-corrected chi connectivity index (χ1v) is 9.38. The third kappa shape index (κ3) is 5.25. The lowest BCUT2D eigenvalue weighted by Gasteiger charge is -2.17. The molecule has 2 amide bonds. The van der Waals surface area contributed by atoms with Crippen molar-refractivity contribution in [3.63, 3.8) is 0 Å². The summed E-state index contributed by atoms with van der Waals surface area (Å²) >= 11 is 0. The largest absolute Gasteiger partial charge is 0.481 e. The zero-order valence-electron chi connectivity index (χ0n) is 16.7. The summed E-state index contributed by atoms with van der Waals surface area (Å²) in [5, 5.41) is 5.57. The molecule has 1 aromatic heterocycles. The lowest BCUT2D eigenvalue weighted by molar-refractivity contribution is -0.122. The van der Waals surface area contributed by atoms with E-state index in [0.29, 0.717) is 22.8 Å². The Labute approximate surface area is 169 Å². The number of rotatable bonds is 7. The molecule has 0 fully saturated rings. The number of anilines is 1. The molecule has 2 N–H and O–H groups in total. The fourth-order valence-corrected chi connectivity index (χ4v) is 2.88. The van der Waals surface area contributed by atoms with E-state index in [-0.39, 0.29) is 18.4 Å². The molecule has 29 heavy (non-hydrogen) atoms. The smallest absolute Gasteiger partial charge is 0.265 e. The fourth-order valence-electron chi connectivity index (χ4n) is 2.88. The highest BCUT2D eigenvalue weighted by molar-refractivity contribution is 6.04. The highest BCUT2D eigenvalue weighted by Crippen LogP contribution is 2.21. The summed E-state index contributed by atoms with van der Waals surface area (Å²) in [4.78, 5) is 25.2. The van der Waals surface area contributed by atoms with Gasteiger partial charge >= 0.3 is 0 Å². The predicted molar refractivity (Wildman–Crippen MR) is 111 cm³/mol. The van der Waals surface area contributed by atoms with Gasteiger partial charge in [-0.2, -0.15) is 0 Å². The maximum atomic E-state index is 12.6. The van der Waals surface area contributed by atoms with Gasteiger partial charge in [0.25, 0.3) is 11.8 Å². The summed E-state index contributed by atoms with van der Waals surface area (Å²) in [7, 11) is 0. The summed E-state index contributed by atoms with van der Waals surface area (Å²) < 4.78 is 11.0. The van der Waals surface area contributed by atoms with E-state index < -0.39 is 6.10 Å². The molecular weight excluding hydrogens is 368 g/mol. The Balaban J connectivity index is 1.66. The Bertz CT molecular complexity index is 996. The lowest BCUT2D eigenvalue weighted by Crippen LogP contribution is -2.31. The van der Waals surface area contributed by atoms with Crippen molar-refractivity contribution in [2.75, 3.05) is 5.32 Å². The van der Waals surface area contributed by atoms with E-state index in [1.54, 1.807) is 49.6 Å². The second kappa shape index (κ2) is 9.10. The van der Waals surface area contributed by atoms with Crippen LogP contribution in [0.2, 0.25) is 0 Å². The summed E-state index contributed by atoms with van der Waals surface area (Å²) in [5.74, 6) is 0.662. The fraction of sp³-hybridized carbons (Fsp3) is 0.217. The Morgan fingerprint density at radius 1 is 1.07 bits per heavy atom. The molecular formula is C23H24N2O4. The van der Waals surface area contributed by atoms with E-state index in [9.17, 15) is 9.59 Å². The van der Waals surface area contributed by atoms with Gasteiger partial charge < -0.3 is 19.8 Å². The van der Waals surface area contributed by atoms with Crippen molar-refractivity contribution in [2.45, 2.75) is 33.4 Å². The molecule has 0 aliphatic carbocycles. The first-order chi connectivity index (χ1) is 13.9. The van der Waals surface area contributed by atoms with Gasteiger partial charge in [0.2, 0.25) is 0 Å². The molecule has 0 aliphatic rings. The van der Waals surface area contributed by atoms with E-state index in [0.717, 1.165) is 11.1 Å². The summed E-state index contributed by atoms with van der Waals surface area (Å²) in [6.07, 6.45) is 0.822. The minimum atomic E-state index is -0.726. The van der Waals surface area contributed by atoms with E-state index >= 15 is 0 Å². The van der Waals surface area contributed by atoms with Crippen LogP contribution >= 0.6 is 0 Å². The van der Waals surface area contributed by atoms with Crippen LogP contribution in [0.4, 0.5) is 5.69 Å². The van der Waals surface area contributed by atoms with Crippen LogP contribution in [0.5, 0.6) is 5.75 Å². The van der Waals surface area contributed by atoms with Crippen LogP contribution in [-0.4, -0.2) is 17.9 Å². The van der Waals surface area contributed by atoms with Gasteiger partial charge in [-0.3, -0.25) is 9.59 Å². The molecule has 1 atom stereocenters. The number of carbonyl (C=O) groups is 2. The number of para-hydroxylation sites is 1. The molecule has 150 valence electrons. The van der Waals surface area contributed by atoms with Gasteiger partial charge in [-0.15, -0.1) is 0 Å². The van der Waals surface area contributed by atoms with E-state index in [4.69, 9.17) is 9.15 Å². The number of aryl methyl sites for hydroxylation is 2. The summed E-state index contributed by atoms with van der Waals surface area (Å²) in [5.41, 5.74) is 2.88. The predicted octanol–water partition coefficient (Wildman–Crippen LogP) is 4.23. The number of hydrogen-bond acceptors (Lipinski definition) is 4. The Morgan fingerprint density at radius 2 is 1.86 bits per heavy atom. The molecule has 0 spiro atoms. The van der Waals surface area contributed by atoms with Crippen LogP contribution in [0.15, 0.2) is 65.3 Å². The maximum absolute atomic E-state index is 12.6. The minimum Gasteiger partial charge on any atom is -0.481 e. The van der Waals surface area contributed by atoms with Crippen LogP contribution in [0.25, 0.3) is 0 Å². The van der Waals surface area contributed by atoms with Crippen molar-refractivity contribution in [3.05, 3.63) is 83.3 Å². The average Bonchev–Trinajstić information content (AvgIpc) is 3.22. The van der Waals surface area contributed by atoms with Crippen LogP contribution in [-0.2, 0) is 11.3 Å². The number of benzene rings is 2. The molecule has 0 aliphatic heterocycles. The molecule has 3 aromatic rings. The van der Waals surface area contributed by atoms with Crippen molar-refractivity contribution in [2.24, 2.45) is 0 Å². The van der Waals surface area contributed by atoms with Gasteiger partial charge in [0, 0.05) is 0 Å². The third-order valence-electron chi connectivity index (χ3n) is 4.44. The van der Waals surface area contributed by atoms with E-state index in [1.165, 1.54) is 0 Å². The molecule has 1 heterocycles. The van der Waals surface area contributed by atoms with Gasteiger partial charge in [0.1, 0.15) is 11.5 Å². The number of carbonyl (C=O) groups excluding carboxylic acids is 2. The van der Waals surface area contributed by atoms with Crippen molar-refractivity contribution in [3.8, 4) is 5.75 Å². The molecule has 3 rings (SSSR count). The molecule has 0 saturated heterocycles. The topological polar surface area (TPSA) is 80.6 Å². The highest BCUT2D eigenvalue weighted by Gasteiger charge is 2.19. The lowest BCUT2D eigenvalue weighted by atomic mass is 10.1. The molecule has 0 unspecified atom stereocenters. The zero-order chi connectivity index (χ0) is 20.8. The SMILES string of the molecule is Cc1ccc(O[C@@H](C)C(=O)Nc2ccccc2C(=O)NCc2ccco2)c(C)c1. The van der Waals surface area contributed by atoms with Crippen LogP contribution in [0.3, 0.4) is 0 Å². The molecule has 0 bridgehead atoms. The van der Waals surface area contributed by atoms with Crippen LogP contribution in [0, 0.1) is 13.8 Å². The van der Waals surface area contributed by atoms with Gasteiger partial charge in [-0.1, -0.05) is 29.8 Å². The van der Waals surface area contributed by atoms with Crippen LogP contribution < -0.4 is 15.4 Å². The van der Waals surface area contributed by atoms with Gasteiger partial charge in [-0.05, 0) is 56.7 Å². The second-order valence-electron chi connectivity index (χ2n) is 6.83. The highest BCUT2D eigenvalue weighted by atomic mass is 16.5. The van der Waals surface area contributed by atoms with E-state index in [1.807, 2.05) is 32.0 Å². The Morgan fingerprint density at radius 3 is 2.59 bits per heavy atom. The summed E-state index contributed by atoms with van der Waals surface area (Å²) in [6, 6.07) is 16.2. The average molecular weight is 392 g/mol. The molecule has 2 aromatic carbocycles. The molecule has 6 heteroatoms. The first-order valence-electron chi connectivity index (χ1n) is 9.38. The Kier molecular flexibility index (Phi) is 6.34. The van der Waals surface area contributed by atoms with Crippen molar-refractivity contribution in [1.29, 1.82) is 0 Å². The van der Waals surface area contributed by atoms with Gasteiger partial charge in [0.05, 0.1) is 24.1 Å². The minimum absolute atomic E-state index is 0.264. The van der Waals surface area contributed by atoms with E-state index in [2.05, 4.69) is 10.6 Å². The number of nitrogens with one attached hydrogen (secondary N) is 2. The normalized spacial score (nSPS) is 11.6. The quantitative estimate of drug-likeness (QED) is 0.630. The zero-order valence-corrected chi connectivity index (χ0v) is 16.7. The Hall–Kier alpha value is -3.54.